The Labute approximate surface area is 145 Å². The Morgan fingerprint density at radius 2 is 2.04 bits per heavy atom. The van der Waals surface area contributed by atoms with E-state index in [0.29, 0.717) is 24.5 Å². The molecular formula is C18H20N4O3. The number of nitrogens with one attached hydrogen (secondary N) is 2. The maximum Gasteiger partial charge on any atom is 0.258 e. The summed E-state index contributed by atoms with van der Waals surface area (Å²) < 4.78 is 5.34. The van der Waals surface area contributed by atoms with E-state index in [0.717, 1.165) is 18.5 Å². The number of carbonyl (C=O) groups is 2. The van der Waals surface area contributed by atoms with Gasteiger partial charge in [-0.3, -0.25) is 14.6 Å². The lowest BCUT2D eigenvalue weighted by molar-refractivity contribution is -0.123. The molecule has 1 aliphatic rings. The van der Waals surface area contributed by atoms with Crippen molar-refractivity contribution < 1.29 is 14.3 Å². The molecule has 2 N–H and O–H groups in total. The van der Waals surface area contributed by atoms with Gasteiger partial charge in [-0.15, -0.1) is 0 Å². The highest BCUT2D eigenvalue weighted by Crippen LogP contribution is 2.30. The fraction of sp³-hybridized carbons (Fsp3) is 0.333. The van der Waals surface area contributed by atoms with E-state index in [9.17, 15) is 9.59 Å². The first-order chi connectivity index (χ1) is 12.2. The van der Waals surface area contributed by atoms with Gasteiger partial charge in [-0.05, 0) is 31.0 Å². The van der Waals surface area contributed by atoms with Crippen LogP contribution in [-0.4, -0.2) is 34.9 Å². The summed E-state index contributed by atoms with van der Waals surface area (Å²) in [6.45, 7) is 0.391. The van der Waals surface area contributed by atoms with Crippen LogP contribution in [0.3, 0.4) is 0 Å². The van der Waals surface area contributed by atoms with E-state index in [1.807, 2.05) is 18.2 Å². The van der Waals surface area contributed by atoms with Crippen molar-refractivity contribution in [2.24, 2.45) is 5.92 Å². The molecule has 0 aliphatic heterocycles. The highest BCUT2D eigenvalue weighted by Gasteiger charge is 2.29. The fourth-order valence-electron chi connectivity index (χ4n) is 2.20. The zero-order valence-electron chi connectivity index (χ0n) is 13.8. The number of ether oxygens (including phenoxy) is 1. The van der Waals surface area contributed by atoms with Gasteiger partial charge in [0.1, 0.15) is 0 Å². The van der Waals surface area contributed by atoms with E-state index in [-0.39, 0.29) is 24.3 Å². The molecule has 130 valence electrons. The molecule has 25 heavy (non-hydrogen) atoms. The summed E-state index contributed by atoms with van der Waals surface area (Å²) in [5.74, 6) is 0.293. The summed E-state index contributed by atoms with van der Waals surface area (Å²) in [6, 6.07) is 9.02. The highest BCUT2D eigenvalue weighted by molar-refractivity contribution is 5.93. The molecule has 2 aromatic heterocycles. The van der Waals surface area contributed by atoms with Crippen LogP contribution in [-0.2, 0) is 16.0 Å². The molecule has 2 amide bonds. The SMILES string of the molecule is O=C(COc1ccc(NC(=O)C2CC2)cn1)NCCc1ccccn1. The third-order valence-electron chi connectivity index (χ3n) is 3.73. The normalized spacial score (nSPS) is 13.1. The van der Waals surface area contributed by atoms with E-state index in [1.54, 1.807) is 18.3 Å². The van der Waals surface area contributed by atoms with Crippen molar-refractivity contribution >= 4 is 17.5 Å². The molecule has 2 aromatic rings. The second-order valence-electron chi connectivity index (χ2n) is 5.86. The average Bonchev–Trinajstić information content (AvgIpc) is 3.47. The van der Waals surface area contributed by atoms with Crippen molar-refractivity contribution in [3.63, 3.8) is 0 Å². The second-order valence-corrected chi connectivity index (χ2v) is 5.86. The Kier molecular flexibility index (Phi) is 5.56. The smallest absolute Gasteiger partial charge is 0.258 e. The highest BCUT2D eigenvalue weighted by atomic mass is 16.5. The van der Waals surface area contributed by atoms with Gasteiger partial charge in [-0.2, -0.15) is 0 Å². The van der Waals surface area contributed by atoms with E-state index in [4.69, 9.17) is 4.74 Å². The Bertz CT molecular complexity index is 715. The van der Waals surface area contributed by atoms with Gasteiger partial charge < -0.3 is 15.4 Å². The third-order valence-corrected chi connectivity index (χ3v) is 3.73. The first-order valence-corrected chi connectivity index (χ1v) is 8.27. The first-order valence-electron chi connectivity index (χ1n) is 8.27. The van der Waals surface area contributed by atoms with Crippen LogP contribution >= 0.6 is 0 Å². The number of hydrogen-bond donors (Lipinski definition) is 2. The van der Waals surface area contributed by atoms with Crippen molar-refractivity contribution in [2.75, 3.05) is 18.5 Å². The Hall–Kier alpha value is -2.96. The van der Waals surface area contributed by atoms with Gasteiger partial charge in [0.05, 0.1) is 11.9 Å². The molecule has 0 radical (unpaired) electrons. The fourth-order valence-corrected chi connectivity index (χ4v) is 2.20. The summed E-state index contributed by atoms with van der Waals surface area (Å²) in [6.07, 6.45) is 5.82. The number of rotatable bonds is 8. The molecule has 2 heterocycles. The number of hydrogen-bond acceptors (Lipinski definition) is 5. The molecule has 7 heteroatoms. The largest absolute Gasteiger partial charge is 0.468 e. The van der Waals surface area contributed by atoms with Gasteiger partial charge in [0, 0.05) is 36.8 Å². The number of aromatic nitrogens is 2. The zero-order valence-corrected chi connectivity index (χ0v) is 13.8. The molecule has 0 aromatic carbocycles. The molecule has 3 rings (SSSR count). The van der Waals surface area contributed by atoms with E-state index < -0.39 is 0 Å². The Morgan fingerprint density at radius 1 is 1.16 bits per heavy atom. The summed E-state index contributed by atoms with van der Waals surface area (Å²) in [4.78, 5) is 31.7. The van der Waals surface area contributed by atoms with Gasteiger partial charge in [0.25, 0.3) is 5.91 Å². The molecule has 0 bridgehead atoms. The molecule has 7 nitrogen and oxygen atoms in total. The maximum absolute atomic E-state index is 11.8. The average molecular weight is 340 g/mol. The number of amides is 2. The zero-order chi connectivity index (χ0) is 17.5. The molecule has 0 unspecified atom stereocenters. The predicted octanol–water partition coefficient (Wildman–Crippen LogP) is 1.56. The second kappa shape index (κ2) is 8.23. The van der Waals surface area contributed by atoms with E-state index in [2.05, 4.69) is 20.6 Å². The quantitative estimate of drug-likeness (QED) is 0.761. The van der Waals surface area contributed by atoms with Crippen LogP contribution in [0.1, 0.15) is 18.5 Å². The van der Waals surface area contributed by atoms with Crippen molar-refractivity contribution in [2.45, 2.75) is 19.3 Å². The molecule has 1 fully saturated rings. The lowest BCUT2D eigenvalue weighted by atomic mass is 10.3. The summed E-state index contributed by atoms with van der Waals surface area (Å²) in [7, 11) is 0. The predicted molar refractivity (Wildman–Crippen MR) is 92.0 cm³/mol. The minimum atomic E-state index is -0.219. The van der Waals surface area contributed by atoms with Crippen LogP contribution in [0, 0.1) is 5.92 Å². The van der Waals surface area contributed by atoms with Gasteiger partial charge in [0.15, 0.2) is 6.61 Å². The van der Waals surface area contributed by atoms with Crippen LogP contribution in [0.5, 0.6) is 5.88 Å². The number of carbonyl (C=O) groups excluding carboxylic acids is 2. The standard InChI is InChI=1S/C18H20N4O3/c23-16(20-10-8-14-3-1-2-9-19-14)12-25-17-7-6-15(11-21-17)22-18(24)13-4-5-13/h1-3,6-7,9,11,13H,4-5,8,10,12H2,(H,20,23)(H,22,24). The minimum Gasteiger partial charge on any atom is -0.468 e. The third kappa shape index (κ3) is 5.56. The van der Waals surface area contributed by atoms with Crippen molar-refractivity contribution in [3.8, 4) is 5.88 Å². The Morgan fingerprint density at radius 3 is 2.72 bits per heavy atom. The van der Waals surface area contributed by atoms with Gasteiger partial charge in [-0.1, -0.05) is 6.07 Å². The van der Waals surface area contributed by atoms with Crippen LogP contribution in [0.25, 0.3) is 0 Å². The van der Waals surface area contributed by atoms with Crippen LogP contribution < -0.4 is 15.4 Å². The number of anilines is 1. The number of pyridine rings is 2. The van der Waals surface area contributed by atoms with Gasteiger partial charge >= 0.3 is 0 Å². The number of nitrogens with zero attached hydrogens (tertiary/aromatic N) is 2. The summed E-state index contributed by atoms with van der Waals surface area (Å²) >= 11 is 0. The molecule has 0 saturated heterocycles. The van der Waals surface area contributed by atoms with Crippen LogP contribution in [0.2, 0.25) is 0 Å². The minimum absolute atomic E-state index is 0.0303. The van der Waals surface area contributed by atoms with Gasteiger partial charge in [0.2, 0.25) is 11.8 Å². The topological polar surface area (TPSA) is 93.2 Å². The molecule has 0 spiro atoms. The lowest BCUT2D eigenvalue weighted by Gasteiger charge is -2.08. The van der Waals surface area contributed by atoms with Crippen molar-refractivity contribution in [3.05, 3.63) is 48.4 Å². The summed E-state index contributed by atoms with van der Waals surface area (Å²) in [5.41, 5.74) is 1.55. The molecule has 0 atom stereocenters. The maximum atomic E-state index is 11.8. The molecule has 1 saturated carbocycles. The summed E-state index contributed by atoms with van der Waals surface area (Å²) in [5, 5.41) is 5.57. The van der Waals surface area contributed by atoms with Crippen LogP contribution in [0.4, 0.5) is 5.69 Å². The van der Waals surface area contributed by atoms with E-state index in [1.165, 1.54) is 6.20 Å². The van der Waals surface area contributed by atoms with Crippen LogP contribution in [0.15, 0.2) is 42.7 Å². The van der Waals surface area contributed by atoms with E-state index >= 15 is 0 Å². The lowest BCUT2D eigenvalue weighted by Crippen LogP contribution is -2.30. The van der Waals surface area contributed by atoms with Gasteiger partial charge in [-0.25, -0.2) is 4.98 Å². The van der Waals surface area contributed by atoms with Crippen molar-refractivity contribution in [1.29, 1.82) is 0 Å². The Balaban J connectivity index is 1.36. The first kappa shape index (κ1) is 16.9. The molecular weight excluding hydrogens is 320 g/mol. The monoisotopic (exact) mass is 340 g/mol. The molecule has 1 aliphatic carbocycles. The van der Waals surface area contributed by atoms with Crippen molar-refractivity contribution in [1.82, 2.24) is 15.3 Å².